The molecule has 1 unspecified atom stereocenters. The second kappa shape index (κ2) is 15.4. The Kier molecular flexibility index (Phi) is 14.2. The molecule has 4 heteroatoms. The maximum Gasteiger partial charge on any atom is 0.153 e. The van der Waals surface area contributed by atoms with Gasteiger partial charge in [-0.15, -0.1) is 11.3 Å². The molecule has 1 aromatic heterocycles. The zero-order chi connectivity index (χ0) is 23.1. The first kappa shape index (κ1) is 27.6. The second-order valence-electron chi connectivity index (χ2n) is 6.50. The Morgan fingerprint density at radius 1 is 1.20 bits per heavy atom. The van der Waals surface area contributed by atoms with Crippen molar-refractivity contribution >= 4 is 22.6 Å². The van der Waals surface area contributed by atoms with Crippen molar-refractivity contribution in [2.75, 3.05) is 12.4 Å². The largest absolute Gasteiger partial charge is 0.400 e. The fourth-order valence-electron chi connectivity index (χ4n) is 2.97. The summed E-state index contributed by atoms with van der Waals surface area (Å²) >= 11 is 1.55. The average Bonchev–Trinajstić information content (AvgIpc) is 3.17. The van der Waals surface area contributed by atoms with Crippen LogP contribution in [0.5, 0.6) is 0 Å². The summed E-state index contributed by atoms with van der Waals surface area (Å²) in [6.07, 6.45) is 8.08. The molecule has 0 aliphatic carbocycles. The molecular weight excluding hydrogens is 390 g/mol. The Morgan fingerprint density at radius 2 is 1.80 bits per heavy atom. The third-order valence-electron chi connectivity index (χ3n) is 4.41. The zero-order valence-corrected chi connectivity index (χ0v) is 20.3. The summed E-state index contributed by atoms with van der Waals surface area (Å²) in [6, 6.07) is 8.24. The van der Waals surface area contributed by atoms with E-state index in [0.29, 0.717) is 11.5 Å². The molecular formula is C26H37NO2S. The van der Waals surface area contributed by atoms with Gasteiger partial charge >= 0.3 is 0 Å². The first-order valence-corrected chi connectivity index (χ1v) is 11.2. The number of carbonyl (C=O) groups excluding carboxylic acids is 1. The van der Waals surface area contributed by atoms with Crippen LogP contribution in [0, 0.1) is 12.8 Å². The molecule has 0 radical (unpaired) electrons. The molecule has 2 aromatic rings. The van der Waals surface area contributed by atoms with Crippen molar-refractivity contribution in [2.24, 2.45) is 5.92 Å². The van der Waals surface area contributed by atoms with Crippen LogP contribution in [0.1, 0.15) is 57.0 Å². The van der Waals surface area contributed by atoms with E-state index in [4.69, 9.17) is 5.11 Å². The van der Waals surface area contributed by atoms with E-state index in [1.54, 1.807) is 11.3 Å². The monoisotopic (exact) mass is 427 g/mol. The summed E-state index contributed by atoms with van der Waals surface area (Å²) in [7, 11) is 1.00. The number of aldehydes is 1. The van der Waals surface area contributed by atoms with Gasteiger partial charge < -0.3 is 10.4 Å². The van der Waals surface area contributed by atoms with Gasteiger partial charge in [0.15, 0.2) is 6.29 Å². The molecule has 0 aliphatic rings. The van der Waals surface area contributed by atoms with Crippen LogP contribution in [0.2, 0.25) is 0 Å². The number of thiophene rings is 1. The van der Waals surface area contributed by atoms with Crippen molar-refractivity contribution in [3.63, 3.8) is 0 Å². The Balaban J connectivity index is 0.00000198. The first-order valence-electron chi connectivity index (χ1n) is 10.3. The number of carbonyl (C=O) groups is 1. The fraction of sp³-hybridized carbons (Fsp3) is 0.346. The number of aliphatic hydroxyl groups excluding tert-OH is 1. The molecule has 0 amide bonds. The van der Waals surface area contributed by atoms with Crippen LogP contribution >= 0.6 is 11.3 Å². The summed E-state index contributed by atoms with van der Waals surface area (Å²) in [4.78, 5) is 11.7. The predicted octanol–water partition coefficient (Wildman–Crippen LogP) is 7.64. The highest BCUT2D eigenvalue weighted by Gasteiger charge is 2.15. The van der Waals surface area contributed by atoms with Gasteiger partial charge in [0.25, 0.3) is 0 Å². The molecule has 30 heavy (non-hydrogen) atoms. The Hall–Kier alpha value is -2.43. The third-order valence-corrected chi connectivity index (χ3v) is 5.33. The lowest BCUT2D eigenvalue weighted by Gasteiger charge is -2.16. The van der Waals surface area contributed by atoms with Gasteiger partial charge in [-0.25, -0.2) is 0 Å². The van der Waals surface area contributed by atoms with E-state index < -0.39 is 0 Å². The highest BCUT2D eigenvalue weighted by atomic mass is 32.1. The quantitative estimate of drug-likeness (QED) is 0.336. The SMILES string of the molecule is C=C(CC(C)C(/C=C\C)=C/C)Nc1scc(-c2ccc(C)cc2)c1C=O.CC.CO. The third kappa shape index (κ3) is 8.13. The average molecular weight is 428 g/mol. The van der Waals surface area contributed by atoms with Crippen LogP contribution in [0.25, 0.3) is 11.1 Å². The number of aryl methyl sites for hydroxylation is 1. The first-order chi connectivity index (χ1) is 14.5. The summed E-state index contributed by atoms with van der Waals surface area (Å²) in [6.45, 7) is 16.5. The Morgan fingerprint density at radius 3 is 2.30 bits per heavy atom. The van der Waals surface area contributed by atoms with Gasteiger partial charge in [0.1, 0.15) is 5.00 Å². The number of nitrogens with one attached hydrogen (secondary N) is 1. The second-order valence-corrected chi connectivity index (χ2v) is 7.38. The fourth-order valence-corrected chi connectivity index (χ4v) is 3.96. The Labute approximate surface area is 186 Å². The molecule has 0 aliphatic heterocycles. The van der Waals surface area contributed by atoms with E-state index >= 15 is 0 Å². The van der Waals surface area contributed by atoms with Gasteiger partial charge in [0, 0.05) is 23.8 Å². The van der Waals surface area contributed by atoms with Crippen molar-refractivity contribution in [3.05, 3.63) is 76.8 Å². The van der Waals surface area contributed by atoms with Gasteiger partial charge in [-0.2, -0.15) is 0 Å². The minimum Gasteiger partial charge on any atom is -0.400 e. The van der Waals surface area contributed by atoms with E-state index in [2.05, 4.69) is 75.2 Å². The van der Waals surface area contributed by atoms with Crippen LogP contribution in [0.3, 0.4) is 0 Å². The van der Waals surface area contributed by atoms with Gasteiger partial charge in [-0.1, -0.05) is 75.4 Å². The topological polar surface area (TPSA) is 49.3 Å². The number of aliphatic hydroxyl groups is 1. The highest BCUT2D eigenvalue weighted by molar-refractivity contribution is 7.15. The van der Waals surface area contributed by atoms with Gasteiger partial charge in [-0.3, -0.25) is 4.79 Å². The summed E-state index contributed by atoms with van der Waals surface area (Å²) in [5.41, 5.74) is 6.15. The number of anilines is 1. The van der Waals surface area contributed by atoms with Crippen molar-refractivity contribution in [1.82, 2.24) is 0 Å². The summed E-state index contributed by atoms with van der Waals surface area (Å²) in [5, 5.41) is 13.3. The van der Waals surface area contributed by atoms with Gasteiger partial charge in [0.05, 0.1) is 5.56 Å². The number of benzene rings is 1. The lowest BCUT2D eigenvalue weighted by Crippen LogP contribution is -2.05. The molecule has 1 aromatic carbocycles. The number of hydrogen-bond acceptors (Lipinski definition) is 4. The van der Waals surface area contributed by atoms with Crippen LogP contribution < -0.4 is 5.32 Å². The minimum atomic E-state index is 0.368. The molecule has 1 atom stereocenters. The zero-order valence-electron chi connectivity index (χ0n) is 19.5. The summed E-state index contributed by atoms with van der Waals surface area (Å²) < 4.78 is 0. The molecule has 2 rings (SSSR count). The maximum atomic E-state index is 11.7. The molecule has 3 nitrogen and oxygen atoms in total. The van der Waals surface area contributed by atoms with E-state index in [1.807, 2.05) is 26.2 Å². The van der Waals surface area contributed by atoms with Crippen molar-refractivity contribution < 1.29 is 9.90 Å². The van der Waals surface area contributed by atoms with Crippen LogP contribution in [0.4, 0.5) is 5.00 Å². The molecule has 164 valence electrons. The molecule has 0 saturated carbocycles. The molecule has 0 spiro atoms. The molecule has 1 heterocycles. The van der Waals surface area contributed by atoms with Crippen LogP contribution in [-0.2, 0) is 0 Å². The number of hydrogen-bond donors (Lipinski definition) is 2. The minimum absolute atomic E-state index is 0.368. The van der Waals surface area contributed by atoms with E-state index in [1.165, 1.54) is 11.1 Å². The van der Waals surface area contributed by atoms with Crippen molar-refractivity contribution in [2.45, 2.75) is 48.0 Å². The van der Waals surface area contributed by atoms with Crippen LogP contribution in [-0.4, -0.2) is 18.5 Å². The molecule has 0 saturated heterocycles. The van der Waals surface area contributed by atoms with Gasteiger partial charge in [0.2, 0.25) is 0 Å². The lowest BCUT2D eigenvalue weighted by molar-refractivity contribution is 0.112. The van der Waals surface area contributed by atoms with Gasteiger partial charge in [-0.05, 0) is 44.2 Å². The lowest BCUT2D eigenvalue weighted by atomic mass is 9.95. The standard InChI is InChI=1S/C23H27NOS.C2H6.CH4O/c1-6-8-19(7-2)17(4)13-18(5)24-23-21(14-25)22(15-26-23)20-11-9-16(3)10-12-20;2*1-2/h6-12,14-15,17,24H,5,13H2,1-4H3;1-2H3;2H,1H3/b8-6-,19-7+;;. The van der Waals surface area contributed by atoms with Crippen molar-refractivity contribution in [3.8, 4) is 11.1 Å². The van der Waals surface area contributed by atoms with E-state index in [9.17, 15) is 4.79 Å². The normalized spacial score (nSPS) is 11.7. The van der Waals surface area contributed by atoms with Crippen LogP contribution in [0.15, 0.2) is 65.7 Å². The number of rotatable bonds is 8. The smallest absolute Gasteiger partial charge is 0.153 e. The number of allylic oxidation sites excluding steroid dienone is 5. The maximum absolute atomic E-state index is 11.7. The van der Waals surface area contributed by atoms with Crippen molar-refractivity contribution in [1.29, 1.82) is 0 Å². The highest BCUT2D eigenvalue weighted by Crippen LogP contribution is 2.35. The van der Waals surface area contributed by atoms with E-state index in [0.717, 1.165) is 41.6 Å². The predicted molar refractivity (Wildman–Crippen MR) is 134 cm³/mol. The molecule has 2 N–H and O–H groups in total. The molecule has 0 bridgehead atoms. The van der Waals surface area contributed by atoms with E-state index in [-0.39, 0.29) is 0 Å². The molecule has 0 fully saturated rings. The Bertz CT molecular complexity index is 829. The summed E-state index contributed by atoms with van der Waals surface area (Å²) in [5.74, 6) is 0.368.